The van der Waals surface area contributed by atoms with E-state index in [9.17, 15) is 4.39 Å². The van der Waals surface area contributed by atoms with Gasteiger partial charge in [-0.05, 0) is 44.9 Å². The normalized spacial score (nSPS) is 14.8. The molecule has 0 atom stereocenters. The van der Waals surface area contributed by atoms with Crippen LogP contribution in [0.15, 0.2) is 66.3 Å². The van der Waals surface area contributed by atoms with Crippen LogP contribution < -0.4 is 5.32 Å². The lowest BCUT2D eigenvalue weighted by Crippen LogP contribution is -2.03. The van der Waals surface area contributed by atoms with Gasteiger partial charge in [-0.15, -0.1) is 0 Å². The van der Waals surface area contributed by atoms with E-state index in [0.29, 0.717) is 35.6 Å². The van der Waals surface area contributed by atoms with Crippen molar-refractivity contribution in [3.63, 3.8) is 0 Å². The zero-order valence-electron chi connectivity index (χ0n) is 18.4. The summed E-state index contributed by atoms with van der Waals surface area (Å²) in [7, 11) is 0. The molecule has 0 saturated carbocycles. The van der Waals surface area contributed by atoms with Crippen molar-refractivity contribution in [3.05, 3.63) is 77.7 Å². The lowest BCUT2D eigenvalue weighted by molar-refractivity contribution is 0.583. The molecule has 4 nitrogen and oxygen atoms in total. The van der Waals surface area contributed by atoms with Gasteiger partial charge in [0.05, 0.1) is 11.4 Å². The largest absolute Gasteiger partial charge is 0.344 e. The second-order valence-electron chi connectivity index (χ2n) is 7.70. The summed E-state index contributed by atoms with van der Waals surface area (Å²) in [5.41, 5.74) is 4.86. The Labute approximate surface area is 183 Å². The van der Waals surface area contributed by atoms with Crippen LogP contribution in [0.2, 0.25) is 0 Å². The number of anilines is 1. The Morgan fingerprint density at radius 2 is 2.13 bits per heavy atom. The molecule has 31 heavy (non-hydrogen) atoms. The van der Waals surface area contributed by atoms with E-state index in [1.165, 1.54) is 6.21 Å². The average molecular weight is 417 g/mol. The second-order valence-corrected chi connectivity index (χ2v) is 7.70. The van der Waals surface area contributed by atoms with Gasteiger partial charge >= 0.3 is 0 Å². The van der Waals surface area contributed by atoms with Gasteiger partial charge in [0.25, 0.3) is 0 Å². The summed E-state index contributed by atoms with van der Waals surface area (Å²) in [6.45, 7) is 10.1. The maximum Gasteiger partial charge on any atom is 0.130 e. The number of halogens is 1. The van der Waals surface area contributed by atoms with Crippen LogP contribution in [0, 0.1) is 5.41 Å². The quantitative estimate of drug-likeness (QED) is 0.348. The van der Waals surface area contributed by atoms with Gasteiger partial charge in [0, 0.05) is 46.4 Å². The van der Waals surface area contributed by atoms with E-state index >= 15 is 0 Å². The van der Waals surface area contributed by atoms with Crippen LogP contribution in [0.4, 0.5) is 10.2 Å². The predicted molar refractivity (Wildman–Crippen MR) is 130 cm³/mol. The summed E-state index contributed by atoms with van der Waals surface area (Å²) in [5.74, 6) is 0.559. The molecule has 0 aliphatic heterocycles. The van der Waals surface area contributed by atoms with Crippen molar-refractivity contribution < 1.29 is 4.39 Å². The SMILES string of the molecule is C=C(CCC)Nc1cc2c(/C(C=N)=C/C=C\C)nc(C3=C(C)CCC(F)=C3)cc2cn1. The molecule has 160 valence electrons. The highest BCUT2D eigenvalue weighted by molar-refractivity contribution is 6.13. The maximum atomic E-state index is 14.0. The number of allylic oxidation sites excluding steroid dienone is 9. The van der Waals surface area contributed by atoms with E-state index in [1.54, 1.807) is 12.3 Å². The number of hydrogen-bond donors (Lipinski definition) is 2. The standard InChI is InChI=1S/C26H29FN4/c1-5-7-9-19(15-28)26-23-14-25(30-18(4)8-6-2)29-16-20(23)12-24(31-26)22-13-21(27)11-10-17(22)3/h5,7,9,12-16,28H,4,6,8,10-11H2,1-3H3,(H,29,30)/b7-5-,19-9+,28-15?. The number of fused-ring (bicyclic) bond motifs is 1. The molecular formula is C26H29FN4. The Morgan fingerprint density at radius 3 is 2.84 bits per heavy atom. The first-order valence-corrected chi connectivity index (χ1v) is 10.6. The molecule has 2 aromatic heterocycles. The minimum absolute atomic E-state index is 0.132. The number of hydrogen-bond acceptors (Lipinski definition) is 4. The second kappa shape index (κ2) is 10.1. The lowest BCUT2D eigenvalue weighted by Gasteiger charge is -2.17. The molecule has 0 aromatic carbocycles. The summed E-state index contributed by atoms with van der Waals surface area (Å²) in [6, 6.07) is 3.88. The van der Waals surface area contributed by atoms with Gasteiger partial charge in [0.15, 0.2) is 0 Å². The third-order valence-electron chi connectivity index (χ3n) is 5.24. The fourth-order valence-electron chi connectivity index (χ4n) is 3.60. The van der Waals surface area contributed by atoms with Gasteiger partial charge in [-0.1, -0.05) is 43.7 Å². The van der Waals surface area contributed by atoms with Gasteiger partial charge in [0.2, 0.25) is 0 Å². The van der Waals surface area contributed by atoms with Gasteiger partial charge in [0.1, 0.15) is 11.6 Å². The number of pyridine rings is 2. The van der Waals surface area contributed by atoms with Crippen LogP contribution in [0.3, 0.4) is 0 Å². The number of nitrogens with zero attached hydrogens (tertiary/aromatic N) is 2. The summed E-state index contributed by atoms with van der Waals surface area (Å²) in [5, 5.41) is 13.0. The smallest absolute Gasteiger partial charge is 0.130 e. The van der Waals surface area contributed by atoms with Crippen molar-refractivity contribution in [2.75, 3.05) is 5.32 Å². The van der Waals surface area contributed by atoms with E-state index in [-0.39, 0.29) is 5.83 Å². The highest BCUT2D eigenvalue weighted by Crippen LogP contribution is 2.34. The van der Waals surface area contributed by atoms with Crippen LogP contribution in [-0.2, 0) is 0 Å². The minimum atomic E-state index is -0.132. The number of nitrogens with one attached hydrogen (secondary N) is 2. The monoisotopic (exact) mass is 416 g/mol. The highest BCUT2D eigenvalue weighted by atomic mass is 19.1. The molecule has 0 saturated heterocycles. The third kappa shape index (κ3) is 5.23. The van der Waals surface area contributed by atoms with E-state index in [2.05, 4.69) is 23.8 Å². The van der Waals surface area contributed by atoms with Crippen LogP contribution in [0.5, 0.6) is 0 Å². The Balaban J connectivity index is 2.22. The summed E-state index contributed by atoms with van der Waals surface area (Å²) in [6.07, 6.45) is 13.3. The molecule has 5 heteroatoms. The Hall–Kier alpha value is -3.34. The molecular weight excluding hydrogens is 387 g/mol. The predicted octanol–water partition coefficient (Wildman–Crippen LogP) is 7.39. The van der Waals surface area contributed by atoms with Gasteiger partial charge < -0.3 is 10.7 Å². The zero-order valence-corrected chi connectivity index (χ0v) is 18.4. The fraction of sp³-hybridized carbons (Fsp3) is 0.269. The van der Waals surface area contributed by atoms with Crippen molar-refractivity contribution in [2.24, 2.45) is 0 Å². The lowest BCUT2D eigenvalue weighted by atomic mass is 9.94. The van der Waals surface area contributed by atoms with Crippen molar-refractivity contribution in [3.8, 4) is 0 Å². The minimum Gasteiger partial charge on any atom is -0.344 e. The molecule has 0 spiro atoms. The van der Waals surface area contributed by atoms with E-state index in [1.807, 2.05) is 44.2 Å². The third-order valence-corrected chi connectivity index (χ3v) is 5.24. The Morgan fingerprint density at radius 1 is 1.32 bits per heavy atom. The molecule has 2 heterocycles. The number of aromatic nitrogens is 2. The molecule has 2 aromatic rings. The summed E-state index contributed by atoms with van der Waals surface area (Å²) < 4.78 is 14.0. The molecule has 0 unspecified atom stereocenters. The molecule has 1 aliphatic carbocycles. The van der Waals surface area contributed by atoms with Gasteiger partial charge in [-0.3, -0.25) is 0 Å². The topological polar surface area (TPSA) is 61.7 Å². The Kier molecular flexibility index (Phi) is 7.29. The summed E-state index contributed by atoms with van der Waals surface area (Å²) in [4.78, 5) is 9.43. The molecule has 3 rings (SSSR count). The Bertz CT molecular complexity index is 1140. The fourth-order valence-corrected chi connectivity index (χ4v) is 3.60. The van der Waals surface area contributed by atoms with E-state index in [0.717, 1.165) is 40.5 Å². The first-order valence-electron chi connectivity index (χ1n) is 10.6. The van der Waals surface area contributed by atoms with E-state index < -0.39 is 0 Å². The van der Waals surface area contributed by atoms with Crippen LogP contribution in [-0.4, -0.2) is 16.2 Å². The van der Waals surface area contributed by atoms with E-state index in [4.69, 9.17) is 10.4 Å². The molecule has 0 amide bonds. The molecule has 0 fully saturated rings. The maximum absolute atomic E-state index is 14.0. The first kappa shape index (κ1) is 22.3. The van der Waals surface area contributed by atoms with Crippen LogP contribution in [0.1, 0.15) is 57.8 Å². The van der Waals surface area contributed by atoms with Crippen molar-refractivity contribution in [1.29, 1.82) is 5.41 Å². The molecule has 0 bridgehead atoms. The van der Waals surface area contributed by atoms with Crippen LogP contribution in [0.25, 0.3) is 21.9 Å². The molecule has 0 radical (unpaired) electrons. The molecule has 2 N–H and O–H groups in total. The van der Waals surface area contributed by atoms with Gasteiger partial charge in [-0.25, -0.2) is 14.4 Å². The highest BCUT2D eigenvalue weighted by Gasteiger charge is 2.17. The molecule has 1 aliphatic rings. The van der Waals surface area contributed by atoms with Gasteiger partial charge in [-0.2, -0.15) is 0 Å². The van der Waals surface area contributed by atoms with Crippen molar-refractivity contribution in [2.45, 2.75) is 46.5 Å². The zero-order chi connectivity index (χ0) is 22.4. The summed E-state index contributed by atoms with van der Waals surface area (Å²) >= 11 is 0. The van der Waals surface area contributed by atoms with Crippen molar-refractivity contribution in [1.82, 2.24) is 9.97 Å². The first-order chi connectivity index (χ1) is 15.0. The van der Waals surface area contributed by atoms with Crippen LogP contribution >= 0.6 is 0 Å². The van der Waals surface area contributed by atoms with Crippen molar-refractivity contribution >= 4 is 34.0 Å². The number of rotatable bonds is 8. The average Bonchev–Trinajstić information content (AvgIpc) is 2.76.